The van der Waals surface area contributed by atoms with E-state index in [9.17, 15) is 22.8 Å². The number of halogens is 5. The smallest absolute Gasteiger partial charge is 0.418 e. The minimum absolute atomic E-state index is 0.00616. The Morgan fingerprint density at radius 3 is 2.42 bits per heavy atom. The van der Waals surface area contributed by atoms with Gasteiger partial charge in [0.05, 0.1) is 39.7 Å². The molecule has 3 aromatic heterocycles. The van der Waals surface area contributed by atoms with Crippen LogP contribution in [0.5, 0.6) is 6.01 Å². The van der Waals surface area contributed by atoms with Crippen molar-refractivity contribution in [2.75, 3.05) is 70.1 Å². The molecule has 14 nitrogen and oxygen atoms in total. The number of rotatable bonds is 14. The van der Waals surface area contributed by atoms with Crippen LogP contribution in [0.1, 0.15) is 106 Å². The highest BCUT2D eigenvalue weighted by Gasteiger charge is 2.51. The predicted octanol–water partition coefficient (Wildman–Crippen LogP) is 8.00. The number of amides is 1. The third-order valence-electron chi connectivity index (χ3n) is 17.0. The van der Waals surface area contributed by atoms with E-state index in [1.165, 1.54) is 37.4 Å². The number of hydrogen-bond acceptors (Lipinski definition) is 12. The minimum atomic E-state index is -4.89. The number of likely N-dealkylation sites (N-methyl/N-ethyl adjacent to an activating group) is 1. The number of alkyl halides is 3. The van der Waals surface area contributed by atoms with Gasteiger partial charge in [0.15, 0.2) is 5.82 Å². The Kier molecular flexibility index (Phi) is 12.7. The molecule has 19 heteroatoms. The highest BCUT2D eigenvalue weighted by Crippen LogP contribution is 2.54. The van der Waals surface area contributed by atoms with Gasteiger partial charge in [0, 0.05) is 86.5 Å². The van der Waals surface area contributed by atoms with Gasteiger partial charge in [-0.25, -0.2) is 4.39 Å². The zero-order chi connectivity index (χ0) is 49.4. The number of carbonyl (C=O) groups is 2. The second kappa shape index (κ2) is 18.7. The summed E-state index contributed by atoms with van der Waals surface area (Å²) >= 11 is 6.07. The number of anilines is 2. The lowest BCUT2D eigenvalue weighted by Gasteiger charge is -2.56. The molecule has 6 fully saturated rings. The number of nitrogens with two attached hydrogens (primary N) is 1. The highest BCUT2D eigenvalue weighted by molar-refractivity contribution is 6.32. The van der Waals surface area contributed by atoms with E-state index in [0.717, 1.165) is 106 Å². The molecule has 3 atom stereocenters. The number of piperazine rings is 1. The first-order chi connectivity index (χ1) is 34.1. The van der Waals surface area contributed by atoms with Gasteiger partial charge < -0.3 is 40.6 Å². The number of fused-ring (bicyclic) bond motifs is 4. The summed E-state index contributed by atoms with van der Waals surface area (Å²) in [6, 6.07) is 9.70. The largest absolute Gasteiger partial charge is 0.463 e. The van der Waals surface area contributed by atoms with Crippen LogP contribution in [0.3, 0.4) is 0 Å². The molecule has 7 heterocycles. The minimum Gasteiger partial charge on any atom is -0.463 e. The van der Waals surface area contributed by atoms with Crippen molar-refractivity contribution < 1.29 is 31.9 Å². The summed E-state index contributed by atoms with van der Waals surface area (Å²) in [5.41, 5.74) is 6.76. The molecule has 11 rings (SSSR count). The van der Waals surface area contributed by atoms with Crippen molar-refractivity contribution in [2.24, 2.45) is 17.9 Å². The van der Waals surface area contributed by atoms with Crippen molar-refractivity contribution in [1.29, 1.82) is 0 Å². The number of hydrogen-bond donors (Lipinski definition) is 3. The molecular weight excluding hydrogens is 938 g/mol. The average molecular weight is 1000 g/mol. The van der Waals surface area contributed by atoms with Crippen molar-refractivity contribution >= 4 is 57.1 Å². The number of aryl methyl sites for hydroxylation is 1. The summed E-state index contributed by atoms with van der Waals surface area (Å²) in [6.07, 6.45) is 9.08. The summed E-state index contributed by atoms with van der Waals surface area (Å²) in [6.45, 7) is 6.74. The Morgan fingerprint density at radius 2 is 1.75 bits per heavy atom. The van der Waals surface area contributed by atoms with E-state index >= 15 is 4.39 Å². The van der Waals surface area contributed by atoms with E-state index < -0.39 is 39.8 Å². The maximum atomic E-state index is 16.8. The number of benzene rings is 2. The normalized spacial score (nSPS) is 23.1. The third-order valence-corrected chi connectivity index (χ3v) is 17.3. The van der Waals surface area contributed by atoms with Crippen LogP contribution < -0.4 is 26.0 Å². The molecule has 5 aromatic rings. The predicted molar refractivity (Wildman–Crippen MR) is 264 cm³/mol. The molecule has 2 aromatic carbocycles. The molecule has 6 aliphatic rings. The second-order valence-electron chi connectivity index (χ2n) is 21.6. The summed E-state index contributed by atoms with van der Waals surface area (Å²) in [5.74, 6) is -0.698. The topological polar surface area (TPSA) is 160 Å². The molecule has 2 saturated carbocycles. The van der Waals surface area contributed by atoms with Gasteiger partial charge in [0.1, 0.15) is 23.3 Å². The lowest BCUT2D eigenvalue weighted by atomic mass is 9.59. The molecule has 71 heavy (non-hydrogen) atoms. The highest BCUT2D eigenvalue weighted by atomic mass is 35.5. The molecular formula is C52H62ClF4N11O3. The van der Waals surface area contributed by atoms with E-state index in [-0.39, 0.29) is 40.6 Å². The summed E-state index contributed by atoms with van der Waals surface area (Å²) < 4.78 is 68.1. The van der Waals surface area contributed by atoms with Gasteiger partial charge >= 0.3 is 12.2 Å². The number of ether oxygens (including phenoxy) is 1. The van der Waals surface area contributed by atoms with Crippen molar-refractivity contribution in [3.05, 3.63) is 64.2 Å². The van der Waals surface area contributed by atoms with Crippen molar-refractivity contribution in [3.63, 3.8) is 0 Å². The maximum Gasteiger partial charge on any atom is 0.418 e. The monoisotopic (exact) mass is 999 g/mol. The van der Waals surface area contributed by atoms with Gasteiger partial charge in [-0.1, -0.05) is 23.7 Å². The van der Waals surface area contributed by atoms with Gasteiger partial charge in [0.25, 0.3) is 0 Å². The number of piperidine rings is 2. The first kappa shape index (κ1) is 48.1. The zero-order valence-corrected chi connectivity index (χ0v) is 41.1. The first-order valence-corrected chi connectivity index (χ1v) is 25.7. The molecule has 1 amide bonds. The molecule has 4 saturated heterocycles. The molecule has 4 N–H and O–H groups in total. The Morgan fingerprint density at radius 1 is 1.01 bits per heavy atom. The summed E-state index contributed by atoms with van der Waals surface area (Å²) in [7, 11) is 3.54. The Labute approximate surface area is 415 Å². The quantitative estimate of drug-likeness (QED) is 0.0560. The molecule has 2 bridgehead atoms. The van der Waals surface area contributed by atoms with E-state index in [2.05, 4.69) is 53.5 Å². The fraction of sp³-hybridized carbons (Fsp3) is 0.577. The standard InChI is InChI=1S/C52H62ClF4N11O3/c1-59-48(70)37(4-3-19-69)44-36-8-5-31(20-41(36)65(2)64-44)30-9-15-67(16-10-30)35-23-50(24-35)13-17-66(18-14-50)28-51(11-12-51)29-71-49-62-46-39(47(63-49)68-26-33-6-7-34(27-68)61-33)25-60-45(43(46)54)38-21-32(58)22-40(53)42(38)52(55,56)57/h5,8,19-22,25,30,33-35,37,61H,3-4,6-7,9-18,23-24,26-29,58H2,1-2H3,(H,59,70). The molecule has 0 radical (unpaired) electrons. The van der Waals surface area contributed by atoms with Gasteiger partial charge in [-0.2, -0.15) is 28.2 Å². The van der Waals surface area contributed by atoms with Crippen LogP contribution in [-0.4, -0.2) is 124 Å². The number of aldehydes is 1. The van der Waals surface area contributed by atoms with E-state index in [1.807, 2.05) is 11.7 Å². The Balaban J connectivity index is 0.713. The average Bonchev–Trinajstić information content (AvgIpc) is 3.92. The summed E-state index contributed by atoms with van der Waals surface area (Å²) in [4.78, 5) is 45.0. The van der Waals surface area contributed by atoms with E-state index in [0.29, 0.717) is 61.1 Å². The van der Waals surface area contributed by atoms with Crippen molar-refractivity contribution in [2.45, 2.75) is 113 Å². The Hall–Kier alpha value is -5.17. The van der Waals surface area contributed by atoms with Crippen LogP contribution in [0, 0.1) is 16.6 Å². The van der Waals surface area contributed by atoms with E-state index in [4.69, 9.17) is 32.2 Å². The fourth-order valence-corrected chi connectivity index (χ4v) is 13.1. The maximum absolute atomic E-state index is 16.8. The Bertz CT molecular complexity index is 2840. The van der Waals surface area contributed by atoms with Crippen LogP contribution in [0.4, 0.5) is 29.1 Å². The van der Waals surface area contributed by atoms with Gasteiger partial charge in [-0.3, -0.25) is 14.5 Å². The zero-order valence-electron chi connectivity index (χ0n) is 40.3. The number of pyridine rings is 1. The lowest BCUT2D eigenvalue weighted by Crippen LogP contribution is -2.56. The van der Waals surface area contributed by atoms with Crippen LogP contribution in [0.25, 0.3) is 33.1 Å². The van der Waals surface area contributed by atoms with Gasteiger partial charge in [-0.15, -0.1) is 0 Å². The fourth-order valence-electron chi connectivity index (χ4n) is 12.8. The van der Waals surface area contributed by atoms with E-state index in [1.54, 1.807) is 7.05 Å². The van der Waals surface area contributed by atoms with Crippen LogP contribution in [0.15, 0.2) is 36.5 Å². The van der Waals surface area contributed by atoms with Crippen molar-refractivity contribution in [3.8, 4) is 17.3 Å². The molecule has 3 unspecified atom stereocenters. The van der Waals surface area contributed by atoms with Crippen molar-refractivity contribution in [1.82, 2.24) is 45.2 Å². The SMILES string of the molecule is CNC(=O)C(CCC=O)c1nn(C)c2cc(C3CCN(C4CC5(CCN(CC6(COc7nc(N8CC9CCC(C8)N9)c8cnc(-c9cc(N)cc(Cl)c9C(F)(F)F)c(F)c8n7)CC6)CC5)C4)CC3)ccc12. The number of carbonyl (C=O) groups excluding carboxylic acids is 2. The van der Waals surface area contributed by atoms with Gasteiger partial charge in [-0.05, 0) is 132 Å². The van der Waals surface area contributed by atoms with Crippen LogP contribution in [0.2, 0.25) is 5.02 Å². The lowest BCUT2D eigenvalue weighted by molar-refractivity contribution is -0.137. The number of nitrogens with zero attached hydrogens (tertiary/aromatic N) is 8. The molecule has 2 aliphatic carbocycles. The number of nitrogens with one attached hydrogen (secondary N) is 2. The summed E-state index contributed by atoms with van der Waals surface area (Å²) in [5, 5.41) is 11.7. The molecule has 1 spiro atoms. The molecule has 4 aliphatic heterocycles. The van der Waals surface area contributed by atoms with Gasteiger partial charge in [0.2, 0.25) is 5.91 Å². The van der Waals surface area contributed by atoms with Crippen LogP contribution in [-0.2, 0) is 22.8 Å². The number of nitrogen functional groups attached to an aromatic ring is 1. The molecule has 378 valence electrons. The number of likely N-dealkylation sites (tertiary alicyclic amines) is 2. The third kappa shape index (κ3) is 9.31. The first-order valence-electron chi connectivity index (χ1n) is 25.4. The van der Waals surface area contributed by atoms with Crippen LogP contribution >= 0.6 is 11.6 Å². The second-order valence-corrected chi connectivity index (χ2v) is 22.0. The number of aromatic nitrogens is 5.